The zero-order chi connectivity index (χ0) is 9.14. The van der Waals surface area contributed by atoms with Crippen LogP contribution in [0.1, 0.15) is 12.7 Å². The Balaban J connectivity index is 2.64. The number of furan rings is 1. The molecule has 0 aliphatic carbocycles. The maximum Gasteiger partial charge on any atom is 0.169 e. The Morgan fingerprint density at radius 3 is 2.75 bits per heavy atom. The van der Waals surface area contributed by atoms with Crippen LogP contribution in [0.15, 0.2) is 33.4 Å². The molecule has 0 spiro atoms. The summed E-state index contributed by atoms with van der Waals surface area (Å²) in [5, 5.41) is 0. The van der Waals surface area contributed by atoms with Crippen LogP contribution >= 0.6 is 15.9 Å². The van der Waals surface area contributed by atoms with E-state index in [0.29, 0.717) is 22.4 Å². The lowest BCUT2D eigenvalue weighted by Gasteiger charge is -1.94. The molecule has 0 radical (unpaired) electrons. The van der Waals surface area contributed by atoms with Gasteiger partial charge in [-0.15, -0.1) is 0 Å². The van der Waals surface area contributed by atoms with Crippen LogP contribution in [0.4, 0.5) is 0 Å². The Labute approximate surface area is 79.4 Å². The van der Waals surface area contributed by atoms with Gasteiger partial charge in [-0.3, -0.25) is 4.79 Å². The van der Waals surface area contributed by atoms with Crippen LogP contribution in [0.2, 0.25) is 0 Å². The Morgan fingerprint density at radius 2 is 2.33 bits per heavy atom. The molecule has 1 heterocycles. The molecule has 0 aromatic carbocycles. The van der Waals surface area contributed by atoms with E-state index in [1.165, 1.54) is 0 Å². The fourth-order valence-corrected chi connectivity index (χ4v) is 1.10. The number of allylic oxidation sites excluding steroid dienone is 1. The van der Waals surface area contributed by atoms with Gasteiger partial charge in [0, 0.05) is 0 Å². The number of carbonyl (C=O) groups is 1. The largest absolute Gasteiger partial charge is 0.454 e. The fourth-order valence-electron chi connectivity index (χ4n) is 0.756. The summed E-state index contributed by atoms with van der Waals surface area (Å²) < 4.78 is 5.80. The first-order valence-electron chi connectivity index (χ1n) is 3.52. The monoisotopic (exact) mass is 228 g/mol. The van der Waals surface area contributed by atoms with E-state index < -0.39 is 0 Å². The molecular formula is C9H9BrO2. The fraction of sp³-hybridized carbons (Fsp3) is 0.222. The zero-order valence-electron chi connectivity index (χ0n) is 6.76. The number of halogens is 1. The standard InChI is InChI=1S/C9H9BrO2/c1-6(2)8(11)5-7-3-4-9(10)12-7/h3-4H,1,5H2,2H3. The predicted octanol–water partition coefficient (Wildman–Crippen LogP) is 2.73. The van der Waals surface area contributed by atoms with Crippen molar-refractivity contribution in [3.63, 3.8) is 0 Å². The second kappa shape index (κ2) is 3.72. The molecule has 0 atom stereocenters. The number of ketones is 1. The van der Waals surface area contributed by atoms with Gasteiger partial charge in [0.25, 0.3) is 0 Å². The second-order valence-corrected chi connectivity index (χ2v) is 3.37. The van der Waals surface area contributed by atoms with Crippen LogP contribution < -0.4 is 0 Å². The lowest BCUT2D eigenvalue weighted by Crippen LogP contribution is -2.01. The Morgan fingerprint density at radius 1 is 1.67 bits per heavy atom. The molecule has 0 N–H and O–H groups in total. The first-order valence-corrected chi connectivity index (χ1v) is 4.32. The van der Waals surface area contributed by atoms with Crippen molar-refractivity contribution >= 4 is 21.7 Å². The van der Waals surface area contributed by atoms with Crippen LogP contribution in [-0.4, -0.2) is 5.78 Å². The highest BCUT2D eigenvalue weighted by molar-refractivity contribution is 9.10. The Bertz CT molecular complexity index is 312. The topological polar surface area (TPSA) is 30.2 Å². The van der Waals surface area contributed by atoms with E-state index >= 15 is 0 Å². The molecule has 0 unspecified atom stereocenters. The minimum atomic E-state index is 0.0110. The highest BCUT2D eigenvalue weighted by atomic mass is 79.9. The lowest BCUT2D eigenvalue weighted by atomic mass is 10.1. The van der Waals surface area contributed by atoms with Crippen LogP contribution in [0.25, 0.3) is 0 Å². The smallest absolute Gasteiger partial charge is 0.169 e. The quantitative estimate of drug-likeness (QED) is 0.746. The third-order valence-electron chi connectivity index (χ3n) is 1.44. The van der Waals surface area contributed by atoms with Crippen molar-refractivity contribution in [1.29, 1.82) is 0 Å². The van der Waals surface area contributed by atoms with Crippen molar-refractivity contribution in [1.82, 2.24) is 0 Å². The zero-order valence-corrected chi connectivity index (χ0v) is 8.35. The van der Waals surface area contributed by atoms with Crippen molar-refractivity contribution in [2.75, 3.05) is 0 Å². The molecule has 64 valence electrons. The first-order chi connectivity index (χ1) is 5.59. The van der Waals surface area contributed by atoms with Crippen LogP contribution in [-0.2, 0) is 11.2 Å². The molecule has 12 heavy (non-hydrogen) atoms. The summed E-state index contributed by atoms with van der Waals surface area (Å²) in [5.41, 5.74) is 0.558. The maximum absolute atomic E-state index is 11.1. The Hall–Kier alpha value is -0.830. The molecule has 1 rings (SSSR count). The van der Waals surface area contributed by atoms with Gasteiger partial charge in [-0.05, 0) is 40.6 Å². The van der Waals surface area contributed by atoms with Gasteiger partial charge in [-0.1, -0.05) is 6.58 Å². The first kappa shape index (κ1) is 9.26. The molecule has 0 fully saturated rings. The highest BCUT2D eigenvalue weighted by Gasteiger charge is 2.06. The van der Waals surface area contributed by atoms with E-state index in [1.54, 1.807) is 19.1 Å². The van der Waals surface area contributed by atoms with E-state index in [4.69, 9.17) is 4.42 Å². The lowest BCUT2D eigenvalue weighted by molar-refractivity contribution is -0.115. The molecule has 1 aromatic heterocycles. The van der Waals surface area contributed by atoms with Gasteiger partial charge >= 0.3 is 0 Å². The maximum atomic E-state index is 11.1. The molecule has 0 bridgehead atoms. The minimum absolute atomic E-state index is 0.0110. The van der Waals surface area contributed by atoms with Gasteiger partial charge in [0.15, 0.2) is 10.5 Å². The summed E-state index contributed by atoms with van der Waals surface area (Å²) in [6.07, 6.45) is 0.293. The molecule has 0 saturated carbocycles. The van der Waals surface area contributed by atoms with Crippen LogP contribution in [0, 0.1) is 0 Å². The number of carbonyl (C=O) groups excluding carboxylic acids is 1. The molecule has 0 saturated heterocycles. The summed E-state index contributed by atoms with van der Waals surface area (Å²) in [6, 6.07) is 3.53. The minimum Gasteiger partial charge on any atom is -0.454 e. The van der Waals surface area contributed by atoms with Crippen LogP contribution in [0.5, 0.6) is 0 Å². The van der Waals surface area contributed by atoms with Crippen molar-refractivity contribution < 1.29 is 9.21 Å². The molecular weight excluding hydrogens is 220 g/mol. The average Bonchev–Trinajstić information content (AvgIpc) is 2.35. The SMILES string of the molecule is C=C(C)C(=O)Cc1ccc(Br)o1. The second-order valence-electron chi connectivity index (χ2n) is 2.59. The summed E-state index contributed by atoms with van der Waals surface area (Å²) in [4.78, 5) is 11.1. The summed E-state index contributed by atoms with van der Waals surface area (Å²) in [7, 11) is 0. The van der Waals surface area contributed by atoms with E-state index in [9.17, 15) is 4.79 Å². The molecule has 2 nitrogen and oxygen atoms in total. The van der Waals surface area contributed by atoms with Gasteiger partial charge in [-0.25, -0.2) is 0 Å². The van der Waals surface area contributed by atoms with Crippen LogP contribution in [0.3, 0.4) is 0 Å². The third-order valence-corrected chi connectivity index (χ3v) is 1.87. The number of Topliss-reactive ketones (excluding diaryl/α,β-unsaturated/α-hetero) is 1. The van der Waals surface area contributed by atoms with E-state index in [2.05, 4.69) is 22.5 Å². The summed E-state index contributed by atoms with van der Waals surface area (Å²) in [5.74, 6) is 0.673. The molecule has 0 aliphatic heterocycles. The van der Waals surface area contributed by atoms with Gasteiger partial charge in [-0.2, -0.15) is 0 Å². The van der Waals surface area contributed by atoms with Gasteiger partial charge in [0.05, 0.1) is 6.42 Å². The number of rotatable bonds is 3. The Kier molecular flexibility index (Phi) is 2.87. The van der Waals surface area contributed by atoms with E-state index in [-0.39, 0.29) is 5.78 Å². The predicted molar refractivity (Wildman–Crippen MR) is 49.9 cm³/mol. The highest BCUT2D eigenvalue weighted by Crippen LogP contribution is 2.15. The molecule has 0 aliphatic rings. The number of hydrogen-bond acceptors (Lipinski definition) is 2. The normalized spacial score (nSPS) is 9.83. The van der Waals surface area contributed by atoms with Gasteiger partial charge in [0.2, 0.25) is 0 Å². The summed E-state index contributed by atoms with van der Waals surface area (Å²) >= 11 is 3.16. The van der Waals surface area contributed by atoms with E-state index in [1.807, 2.05) is 0 Å². The molecule has 0 amide bonds. The summed E-state index contributed by atoms with van der Waals surface area (Å²) in [6.45, 7) is 5.25. The average molecular weight is 229 g/mol. The van der Waals surface area contributed by atoms with Crippen molar-refractivity contribution in [3.05, 3.63) is 34.7 Å². The number of hydrogen-bond donors (Lipinski definition) is 0. The third kappa shape index (κ3) is 2.34. The van der Waals surface area contributed by atoms with Crippen molar-refractivity contribution in [2.24, 2.45) is 0 Å². The van der Waals surface area contributed by atoms with Crippen molar-refractivity contribution in [3.8, 4) is 0 Å². The van der Waals surface area contributed by atoms with Gasteiger partial charge < -0.3 is 4.42 Å². The molecule has 1 aromatic rings. The van der Waals surface area contributed by atoms with Crippen molar-refractivity contribution in [2.45, 2.75) is 13.3 Å². The molecule has 3 heteroatoms. The van der Waals surface area contributed by atoms with E-state index in [0.717, 1.165) is 0 Å². The van der Waals surface area contributed by atoms with Gasteiger partial charge in [0.1, 0.15) is 5.76 Å².